The number of hydrogen-bond donors (Lipinski definition) is 2. The van der Waals surface area contributed by atoms with Gasteiger partial charge in [-0.2, -0.15) is 11.8 Å². The maximum atomic E-state index is 9.08. The van der Waals surface area contributed by atoms with E-state index < -0.39 is 0 Å². The Hall–Kier alpha value is -0.710. The molecule has 1 rings (SSSR count). The minimum atomic E-state index is 0.266. The molecule has 0 aliphatic heterocycles. The van der Waals surface area contributed by atoms with Crippen molar-refractivity contribution >= 4 is 11.8 Å². The SMILES string of the molecule is CCCOc1ccc(C(CSCC(C)CO)NCC)cc1. The topological polar surface area (TPSA) is 41.5 Å². The summed E-state index contributed by atoms with van der Waals surface area (Å²) in [5, 5.41) is 12.6. The first-order valence-electron chi connectivity index (χ1n) is 7.85. The van der Waals surface area contributed by atoms with Crippen molar-refractivity contribution in [3.63, 3.8) is 0 Å². The van der Waals surface area contributed by atoms with Gasteiger partial charge in [-0.3, -0.25) is 0 Å². The molecule has 0 bridgehead atoms. The molecule has 3 nitrogen and oxygen atoms in total. The largest absolute Gasteiger partial charge is 0.494 e. The molecule has 0 saturated heterocycles. The van der Waals surface area contributed by atoms with Crippen LogP contribution in [0.4, 0.5) is 0 Å². The van der Waals surface area contributed by atoms with Gasteiger partial charge in [-0.15, -0.1) is 0 Å². The summed E-state index contributed by atoms with van der Waals surface area (Å²) in [5.41, 5.74) is 1.30. The van der Waals surface area contributed by atoms with Crippen molar-refractivity contribution in [1.29, 1.82) is 0 Å². The van der Waals surface area contributed by atoms with Crippen molar-refractivity contribution in [3.05, 3.63) is 29.8 Å². The molecule has 0 spiro atoms. The van der Waals surface area contributed by atoms with Crippen LogP contribution >= 0.6 is 11.8 Å². The van der Waals surface area contributed by atoms with Crippen LogP contribution in [0.15, 0.2) is 24.3 Å². The highest BCUT2D eigenvalue weighted by atomic mass is 32.2. The van der Waals surface area contributed by atoms with E-state index in [1.165, 1.54) is 5.56 Å². The second kappa shape index (κ2) is 10.9. The minimum absolute atomic E-state index is 0.266. The molecular weight excluding hydrogens is 282 g/mol. The van der Waals surface area contributed by atoms with Gasteiger partial charge in [-0.25, -0.2) is 0 Å². The van der Waals surface area contributed by atoms with Crippen molar-refractivity contribution < 1.29 is 9.84 Å². The van der Waals surface area contributed by atoms with Crippen LogP contribution in [0.3, 0.4) is 0 Å². The van der Waals surface area contributed by atoms with Crippen molar-refractivity contribution in [2.75, 3.05) is 31.3 Å². The van der Waals surface area contributed by atoms with E-state index in [9.17, 15) is 0 Å². The molecule has 21 heavy (non-hydrogen) atoms. The van der Waals surface area contributed by atoms with Gasteiger partial charge in [0.05, 0.1) is 6.61 Å². The Kier molecular flexibility index (Phi) is 9.55. The van der Waals surface area contributed by atoms with Gasteiger partial charge in [-0.1, -0.05) is 32.9 Å². The van der Waals surface area contributed by atoms with Crippen LogP contribution in [0, 0.1) is 5.92 Å². The molecule has 0 saturated carbocycles. The van der Waals surface area contributed by atoms with Crippen molar-refractivity contribution in [2.24, 2.45) is 5.92 Å². The number of benzene rings is 1. The lowest BCUT2D eigenvalue weighted by molar-refractivity contribution is 0.250. The van der Waals surface area contributed by atoms with E-state index >= 15 is 0 Å². The Bertz CT molecular complexity index is 370. The molecule has 4 heteroatoms. The maximum Gasteiger partial charge on any atom is 0.119 e. The zero-order valence-electron chi connectivity index (χ0n) is 13.5. The second-order valence-electron chi connectivity index (χ2n) is 5.35. The van der Waals surface area contributed by atoms with Crippen molar-refractivity contribution in [3.8, 4) is 5.75 Å². The van der Waals surface area contributed by atoms with E-state index in [0.29, 0.717) is 12.0 Å². The predicted molar refractivity (Wildman–Crippen MR) is 92.2 cm³/mol. The molecular formula is C17H29NO2S. The number of aliphatic hydroxyl groups is 1. The third-order valence-corrected chi connectivity index (χ3v) is 4.58. The zero-order chi connectivity index (χ0) is 15.5. The fraction of sp³-hybridized carbons (Fsp3) is 0.647. The Morgan fingerprint density at radius 1 is 1.19 bits per heavy atom. The van der Waals surface area contributed by atoms with Gasteiger partial charge in [-0.05, 0) is 42.3 Å². The number of rotatable bonds is 11. The summed E-state index contributed by atoms with van der Waals surface area (Å²) in [6.07, 6.45) is 1.03. The summed E-state index contributed by atoms with van der Waals surface area (Å²) in [6, 6.07) is 8.75. The van der Waals surface area contributed by atoms with Gasteiger partial charge in [0, 0.05) is 18.4 Å². The molecule has 0 aliphatic carbocycles. The summed E-state index contributed by atoms with van der Waals surface area (Å²) < 4.78 is 5.62. The monoisotopic (exact) mass is 311 g/mol. The van der Waals surface area contributed by atoms with Gasteiger partial charge in [0.1, 0.15) is 5.75 Å². The fourth-order valence-corrected chi connectivity index (χ4v) is 3.17. The molecule has 0 aromatic heterocycles. The highest BCUT2D eigenvalue weighted by Crippen LogP contribution is 2.22. The molecule has 120 valence electrons. The first-order valence-corrected chi connectivity index (χ1v) is 9.01. The Morgan fingerprint density at radius 2 is 1.90 bits per heavy atom. The van der Waals surface area contributed by atoms with Gasteiger partial charge in [0.15, 0.2) is 0 Å². The molecule has 2 N–H and O–H groups in total. The lowest BCUT2D eigenvalue weighted by atomic mass is 10.1. The standard InChI is InChI=1S/C17H29NO2S/c1-4-10-20-16-8-6-15(7-9-16)17(18-5-2)13-21-12-14(3)11-19/h6-9,14,17-19H,4-5,10-13H2,1-3H3. The summed E-state index contributed by atoms with van der Waals surface area (Å²) in [6.45, 7) is 8.31. The maximum absolute atomic E-state index is 9.08. The lowest BCUT2D eigenvalue weighted by Crippen LogP contribution is -2.23. The summed E-state index contributed by atoms with van der Waals surface area (Å²) in [5.74, 6) is 3.32. The number of nitrogens with one attached hydrogen (secondary N) is 1. The fourth-order valence-electron chi connectivity index (χ4n) is 1.98. The van der Waals surface area contributed by atoms with Gasteiger partial charge >= 0.3 is 0 Å². The summed E-state index contributed by atoms with van der Waals surface area (Å²) in [4.78, 5) is 0. The number of ether oxygens (including phenoxy) is 1. The van der Waals surface area contributed by atoms with Gasteiger partial charge in [0.2, 0.25) is 0 Å². The second-order valence-corrected chi connectivity index (χ2v) is 6.43. The Balaban J connectivity index is 2.54. The summed E-state index contributed by atoms with van der Waals surface area (Å²) in [7, 11) is 0. The van der Waals surface area contributed by atoms with Crippen LogP contribution in [-0.2, 0) is 0 Å². The smallest absolute Gasteiger partial charge is 0.119 e. The van der Waals surface area contributed by atoms with Crippen molar-refractivity contribution in [1.82, 2.24) is 5.32 Å². The average molecular weight is 311 g/mol. The van der Waals surface area contributed by atoms with E-state index in [-0.39, 0.29) is 6.61 Å². The zero-order valence-corrected chi connectivity index (χ0v) is 14.3. The number of hydrogen-bond acceptors (Lipinski definition) is 4. The van der Waals surface area contributed by atoms with E-state index in [1.807, 2.05) is 11.8 Å². The van der Waals surface area contributed by atoms with E-state index in [0.717, 1.165) is 36.8 Å². The van der Waals surface area contributed by atoms with E-state index in [1.54, 1.807) is 0 Å². The average Bonchev–Trinajstić information content (AvgIpc) is 2.52. The minimum Gasteiger partial charge on any atom is -0.494 e. The van der Waals surface area contributed by atoms with Crippen LogP contribution in [0.1, 0.15) is 38.8 Å². The first-order chi connectivity index (χ1) is 10.2. The number of thioether (sulfide) groups is 1. The van der Waals surface area contributed by atoms with Crippen LogP contribution < -0.4 is 10.1 Å². The normalized spacial score (nSPS) is 13.9. The first kappa shape index (κ1) is 18.3. The highest BCUT2D eigenvalue weighted by molar-refractivity contribution is 7.99. The van der Waals surface area contributed by atoms with Gasteiger partial charge in [0.25, 0.3) is 0 Å². The van der Waals surface area contributed by atoms with Crippen LogP contribution in [0.25, 0.3) is 0 Å². The highest BCUT2D eigenvalue weighted by Gasteiger charge is 2.11. The third kappa shape index (κ3) is 7.21. The molecule has 1 aromatic rings. The quantitative estimate of drug-likeness (QED) is 0.656. The molecule has 0 aliphatic rings. The molecule has 0 heterocycles. The van der Waals surface area contributed by atoms with Crippen LogP contribution in [-0.4, -0.2) is 36.4 Å². The molecule has 0 amide bonds. The molecule has 0 radical (unpaired) electrons. The van der Waals surface area contributed by atoms with Crippen LogP contribution in [0.5, 0.6) is 5.75 Å². The predicted octanol–water partition coefficient (Wildman–Crippen LogP) is 3.49. The summed E-state index contributed by atoms with van der Waals surface area (Å²) >= 11 is 1.89. The third-order valence-electron chi connectivity index (χ3n) is 3.20. The molecule has 2 unspecified atom stereocenters. The number of aliphatic hydroxyl groups excluding tert-OH is 1. The molecule has 1 aromatic carbocycles. The van der Waals surface area contributed by atoms with Crippen molar-refractivity contribution in [2.45, 2.75) is 33.2 Å². The molecule has 0 fully saturated rings. The van der Waals surface area contributed by atoms with E-state index in [4.69, 9.17) is 9.84 Å². The van der Waals surface area contributed by atoms with Gasteiger partial charge < -0.3 is 15.2 Å². The van der Waals surface area contributed by atoms with E-state index in [2.05, 4.69) is 50.4 Å². The lowest BCUT2D eigenvalue weighted by Gasteiger charge is -2.19. The molecule has 2 atom stereocenters. The Morgan fingerprint density at radius 3 is 2.48 bits per heavy atom. The van der Waals surface area contributed by atoms with Crippen LogP contribution in [0.2, 0.25) is 0 Å². The Labute approximate surface area is 133 Å².